The van der Waals surface area contributed by atoms with Gasteiger partial charge in [0.05, 0.1) is 18.1 Å². The molecule has 0 aromatic carbocycles. The predicted molar refractivity (Wildman–Crippen MR) is 87.3 cm³/mol. The first-order chi connectivity index (χ1) is 11.2. The first kappa shape index (κ1) is 15.9. The average Bonchev–Trinajstić information content (AvgIpc) is 3.26. The first-order valence-corrected chi connectivity index (χ1v) is 8.32. The van der Waals surface area contributed by atoms with Crippen LogP contribution in [-0.4, -0.2) is 36.0 Å². The second-order valence-electron chi connectivity index (χ2n) is 6.26. The summed E-state index contributed by atoms with van der Waals surface area (Å²) >= 11 is 0. The summed E-state index contributed by atoms with van der Waals surface area (Å²) in [6, 6.07) is 6.60. The van der Waals surface area contributed by atoms with Crippen LogP contribution >= 0.6 is 0 Å². The zero-order chi connectivity index (χ0) is 16.1. The van der Waals surface area contributed by atoms with Gasteiger partial charge in [-0.25, -0.2) is 0 Å². The molecule has 3 heterocycles. The largest absolute Gasteiger partial charge is 0.472 e. The lowest BCUT2D eigenvalue weighted by Gasteiger charge is -2.33. The lowest BCUT2D eigenvalue weighted by Crippen LogP contribution is -2.47. The van der Waals surface area contributed by atoms with Gasteiger partial charge < -0.3 is 19.1 Å². The van der Waals surface area contributed by atoms with E-state index in [1.165, 1.54) is 6.26 Å². The van der Waals surface area contributed by atoms with Crippen LogP contribution in [0.3, 0.4) is 0 Å². The summed E-state index contributed by atoms with van der Waals surface area (Å²) in [5.41, 5.74) is 0.642. The highest BCUT2D eigenvalue weighted by molar-refractivity contribution is 5.93. The summed E-state index contributed by atoms with van der Waals surface area (Å²) < 4.78 is 10.4. The fourth-order valence-electron chi connectivity index (χ4n) is 3.12. The zero-order valence-corrected chi connectivity index (χ0v) is 13.5. The Balaban J connectivity index is 1.39. The van der Waals surface area contributed by atoms with Crippen molar-refractivity contribution >= 4 is 5.91 Å². The van der Waals surface area contributed by atoms with E-state index in [4.69, 9.17) is 8.83 Å². The van der Waals surface area contributed by atoms with Crippen LogP contribution in [0.2, 0.25) is 0 Å². The fraction of sp³-hybridized carbons (Fsp3) is 0.500. The van der Waals surface area contributed by atoms with Gasteiger partial charge in [0.25, 0.3) is 5.91 Å². The topological polar surface area (TPSA) is 58.6 Å². The lowest BCUT2D eigenvalue weighted by molar-refractivity contribution is 0.0701. The van der Waals surface area contributed by atoms with Gasteiger partial charge in [0.1, 0.15) is 12.0 Å². The Morgan fingerprint density at radius 2 is 2.17 bits per heavy atom. The van der Waals surface area contributed by atoms with E-state index in [1.54, 1.807) is 18.6 Å². The molecule has 5 nitrogen and oxygen atoms in total. The van der Waals surface area contributed by atoms with Crippen molar-refractivity contribution in [1.29, 1.82) is 0 Å². The van der Waals surface area contributed by atoms with Gasteiger partial charge in [-0.1, -0.05) is 0 Å². The van der Waals surface area contributed by atoms with Gasteiger partial charge in [0.15, 0.2) is 0 Å². The number of carbonyl (C=O) groups excluding carboxylic acids is 1. The summed E-state index contributed by atoms with van der Waals surface area (Å²) in [5.74, 6) is 1.11. The molecule has 124 valence electrons. The van der Waals surface area contributed by atoms with Crippen LogP contribution in [0.1, 0.15) is 42.3 Å². The summed E-state index contributed by atoms with van der Waals surface area (Å²) in [5, 5.41) is 3.68. The molecule has 2 aromatic rings. The third-order valence-corrected chi connectivity index (χ3v) is 4.47. The van der Waals surface area contributed by atoms with E-state index in [9.17, 15) is 4.79 Å². The highest BCUT2D eigenvalue weighted by Crippen LogP contribution is 2.15. The molecule has 0 unspecified atom stereocenters. The number of hydrogen-bond donors (Lipinski definition) is 1. The Kier molecular flexibility index (Phi) is 5.18. The van der Waals surface area contributed by atoms with E-state index in [0.29, 0.717) is 17.6 Å². The van der Waals surface area contributed by atoms with Crippen LogP contribution in [0.15, 0.2) is 45.8 Å². The molecule has 0 radical (unpaired) electrons. The summed E-state index contributed by atoms with van der Waals surface area (Å²) in [6.45, 7) is 3.81. The number of furan rings is 2. The van der Waals surface area contributed by atoms with Gasteiger partial charge in [-0.05, 0) is 44.4 Å². The number of aryl methyl sites for hydroxylation is 1. The van der Waals surface area contributed by atoms with Gasteiger partial charge in [-0.3, -0.25) is 4.79 Å². The maximum atomic E-state index is 12.3. The molecule has 1 aliphatic heterocycles. The molecule has 5 heteroatoms. The molecule has 0 saturated carbocycles. The Hall–Kier alpha value is -2.01. The molecule has 23 heavy (non-hydrogen) atoms. The minimum Gasteiger partial charge on any atom is -0.472 e. The maximum Gasteiger partial charge on any atom is 0.257 e. The second kappa shape index (κ2) is 7.51. The highest BCUT2D eigenvalue weighted by Gasteiger charge is 2.24. The van der Waals surface area contributed by atoms with E-state index >= 15 is 0 Å². The number of carbonyl (C=O) groups is 1. The van der Waals surface area contributed by atoms with Crippen molar-refractivity contribution in [2.24, 2.45) is 0 Å². The van der Waals surface area contributed by atoms with Crippen molar-refractivity contribution < 1.29 is 13.6 Å². The summed E-state index contributed by atoms with van der Waals surface area (Å²) in [4.78, 5) is 14.2. The Bertz CT molecular complexity index is 584. The zero-order valence-electron chi connectivity index (χ0n) is 13.5. The first-order valence-electron chi connectivity index (χ1n) is 8.32. The quantitative estimate of drug-likeness (QED) is 0.890. The monoisotopic (exact) mass is 316 g/mol. The van der Waals surface area contributed by atoms with E-state index in [0.717, 1.165) is 44.5 Å². The smallest absolute Gasteiger partial charge is 0.257 e. The van der Waals surface area contributed by atoms with Crippen molar-refractivity contribution in [3.05, 3.63) is 48.3 Å². The molecule has 1 fully saturated rings. The van der Waals surface area contributed by atoms with Crippen molar-refractivity contribution in [2.45, 2.75) is 44.7 Å². The molecular weight excluding hydrogens is 292 g/mol. The van der Waals surface area contributed by atoms with Crippen molar-refractivity contribution in [1.82, 2.24) is 10.2 Å². The number of hydrogen-bond acceptors (Lipinski definition) is 4. The minimum atomic E-state index is 0.0723. The van der Waals surface area contributed by atoms with E-state index in [1.807, 2.05) is 17.0 Å². The Morgan fingerprint density at radius 1 is 1.35 bits per heavy atom. The summed E-state index contributed by atoms with van der Waals surface area (Å²) in [6.07, 6.45) is 8.79. The van der Waals surface area contributed by atoms with E-state index < -0.39 is 0 Å². The molecule has 1 saturated heterocycles. The maximum absolute atomic E-state index is 12.3. The van der Waals surface area contributed by atoms with Crippen molar-refractivity contribution in [3.8, 4) is 0 Å². The Labute approximate surface area is 136 Å². The van der Waals surface area contributed by atoms with Crippen LogP contribution in [0.4, 0.5) is 0 Å². The van der Waals surface area contributed by atoms with Crippen LogP contribution in [0.5, 0.6) is 0 Å². The predicted octanol–water partition coefficient (Wildman–Crippen LogP) is 3.09. The molecule has 2 aromatic heterocycles. The highest BCUT2D eigenvalue weighted by atomic mass is 16.3. The number of nitrogens with zero attached hydrogens (tertiary/aromatic N) is 1. The molecule has 1 aliphatic rings. The van der Waals surface area contributed by atoms with Crippen LogP contribution in [0.25, 0.3) is 0 Å². The van der Waals surface area contributed by atoms with Gasteiger partial charge in [-0.15, -0.1) is 0 Å². The van der Waals surface area contributed by atoms with Crippen LogP contribution in [-0.2, 0) is 6.42 Å². The van der Waals surface area contributed by atoms with Crippen LogP contribution < -0.4 is 5.32 Å². The molecule has 0 aliphatic carbocycles. The van der Waals surface area contributed by atoms with E-state index in [-0.39, 0.29) is 5.91 Å². The molecule has 1 N–H and O–H groups in total. The lowest BCUT2D eigenvalue weighted by atomic mass is 10.0. The normalized spacial score (nSPS) is 17.3. The van der Waals surface area contributed by atoms with Crippen molar-refractivity contribution in [3.63, 3.8) is 0 Å². The van der Waals surface area contributed by atoms with Crippen LogP contribution in [0, 0.1) is 0 Å². The van der Waals surface area contributed by atoms with Gasteiger partial charge in [-0.2, -0.15) is 0 Å². The number of piperidine rings is 1. The van der Waals surface area contributed by atoms with Gasteiger partial charge in [0.2, 0.25) is 0 Å². The third kappa shape index (κ3) is 4.26. The minimum absolute atomic E-state index is 0.0723. The molecule has 3 rings (SSSR count). The van der Waals surface area contributed by atoms with Gasteiger partial charge in [0, 0.05) is 31.6 Å². The third-order valence-electron chi connectivity index (χ3n) is 4.47. The standard InChI is InChI=1S/C18H24N2O3/c1-14(4-5-17-3-2-11-23-17)19-16-6-9-20(10-7-16)18(21)15-8-12-22-13-15/h2-3,8,11-14,16,19H,4-7,9-10H2,1H3/t14-/m0/s1. The Morgan fingerprint density at radius 3 is 2.83 bits per heavy atom. The van der Waals surface area contributed by atoms with Gasteiger partial charge >= 0.3 is 0 Å². The molecule has 1 amide bonds. The SMILES string of the molecule is C[C@@H](CCc1ccco1)NC1CCN(C(=O)c2ccoc2)CC1. The molecular formula is C18H24N2O3. The summed E-state index contributed by atoms with van der Waals surface area (Å²) in [7, 11) is 0. The molecule has 1 atom stereocenters. The average molecular weight is 316 g/mol. The van der Waals surface area contributed by atoms with E-state index in [2.05, 4.69) is 12.2 Å². The number of likely N-dealkylation sites (tertiary alicyclic amines) is 1. The number of rotatable bonds is 6. The molecule has 0 spiro atoms. The number of nitrogens with one attached hydrogen (secondary N) is 1. The van der Waals surface area contributed by atoms with Crippen molar-refractivity contribution in [2.75, 3.05) is 13.1 Å². The number of amides is 1. The second-order valence-corrected chi connectivity index (χ2v) is 6.26. The molecule has 0 bridgehead atoms. The fourth-order valence-corrected chi connectivity index (χ4v) is 3.12.